The first-order valence-corrected chi connectivity index (χ1v) is 5.80. The zero-order valence-corrected chi connectivity index (χ0v) is 9.95. The molecule has 2 rings (SSSR count). The van der Waals surface area contributed by atoms with Crippen molar-refractivity contribution in [3.63, 3.8) is 0 Å². The van der Waals surface area contributed by atoms with Gasteiger partial charge in [0.05, 0.1) is 5.88 Å². The Bertz CT molecular complexity index is 520. The SMILES string of the molecule is ClCC#Cc1ccc(Oc2ccccc2)cc1. The van der Waals surface area contributed by atoms with E-state index in [0.29, 0.717) is 5.88 Å². The van der Waals surface area contributed by atoms with E-state index in [9.17, 15) is 0 Å². The second-order valence-electron chi connectivity index (χ2n) is 3.37. The number of ether oxygens (including phenoxy) is 1. The minimum Gasteiger partial charge on any atom is -0.457 e. The van der Waals surface area contributed by atoms with Crippen LogP contribution in [0.25, 0.3) is 0 Å². The first-order valence-electron chi connectivity index (χ1n) is 5.26. The highest BCUT2D eigenvalue weighted by atomic mass is 35.5. The number of halogens is 1. The van der Waals surface area contributed by atoms with Crippen molar-refractivity contribution in [1.29, 1.82) is 0 Å². The average Bonchev–Trinajstić information content (AvgIpc) is 2.39. The van der Waals surface area contributed by atoms with Gasteiger partial charge in [0.15, 0.2) is 0 Å². The topological polar surface area (TPSA) is 9.23 Å². The average molecular weight is 243 g/mol. The van der Waals surface area contributed by atoms with Crippen molar-refractivity contribution < 1.29 is 4.74 Å². The summed E-state index contributed by atoms with van der Waals surface area (Å²) < 4.78 is 5.66. The van der Waals surface area contributed by atoms with E-state index in [4.69, 9.17) is 16.3 Å². The molecule has 0 spiro atoms. The van der Waals surface area contributed by atoms with Gasteiger partial charge in [-0.25, -0.2) is 0 Å². The molecular weight excluding hydrogens is 232 g/mol. The predicted octanol–water partition coefficient (Wildman–Crippen LogP) is 4.07. The van der Waals surface area contributed by atoms with Crippen LogP contribution in [0.2, 0.25) is 0 Å². The number of para-hydroxylation sites is 1. The second-order valence-corrected chi connectivity index (χ2v) is 3.64. The van der Waals surface area contributed by atoms with Crippen LogP contribution in [0.15, 0.2) is 54.6 Å². The Morgan fingerprint density at radius 1 is 0.882 bits per heavy atom. The molecular formula is C15H11ClO. The molecule has 2 aromatic rings. The standard InChI is InChI=1S/C15H11ClO/c16-12-4-5-13-8-10-15(11-9-13)17-14-6-2-1-3-7-14/h1-3,6-11H,12H2. The summed E-state index contributed by atoms with van der Waals surface area (Å²) >= 11 is 5.49. The van der Waals surface area contributed by atoms with E-state index in [1.165, 1.54) is 0 Å². The van der Waals surface area contributed by atoms with Gasteiger partial charge in [-0.1, -0.05) is 30.0 Å². The molecule has 0 bridgehead atoms. The summed E-state index contributed by atoms with van der Waals surface area (Å²) in [6, 6.07) is 17.3. The molecule has 0 aliphatic heterocycles. The summed E-state index contributed by atoms with van der Waals surface area (Å²) in [6.07, 6.45) is 0. The summed E-state index contributed by atoms with van der Waals surface area (Å²) in [5.41, 5.74) is 0.936. The van der Waals surface area contributed by atoms with Gasteiger partial charge >= 0.3 is 0 Å². The van der Waals surface area contributed by atoms with E-state index in [1.54, 1.807) is 0 Å². The minimum absolute atomic E-state index is 0.349. The van der Waals surface area contributed by atoms with Crippen molar-refractivity contribution in [2.45, 2.75) is 0 Å². The zero-order chi connectivity index (χ0) is 11.9. The zero-order valence-electron chi connectivity index (χ0n) is 9.19. The third kappa shape index (κ3) is 3.55. The number of hydrogen-bond acceptors (Lipinski definition) is 1. The molecule has 0 aromatic heterocycles. The van der Waals surface area contributed by atoms with Gasteiger partial charge in [-0.2, -0.15) is 0 Å². The molecule has 2 heteroatoms. The van der Waals surface area contributed by atoms with Gasteiger partial charge in [0.2, 0.25) is 0 Å². The van der Waals surface area contributed by atoms with Crippen molar-refractivity contribution in [1.82, 2.24) is 0 Å². The Morgan fingerprint density at radius 2 is 1.53 bits per heavy atom. The van der Waals surface area contributed by atoms with Crippen LogP contribution in [-0.4, -0.2) is 5.88 Å². The smallest absolute Gasteiger partial charge is 0.127 e. The highest BCUT2D eigenvalue weighted by molar-refractivity contribution is 6.19. The third-order valence-corrected chi connectivity index (χ3v) is 2.27. The van der Waals surface area contributed by atoms with Crippen molar-refractivity contribution >= 4 is 11.6 Å². The summed E-state index contributed by atoms with van der Waals surface area (Å²) in [4.78, 5) is 0. The van der Waals surface area contributed by atoms with Crippen LogP contribution in [0.4, 0.5) is 0 Å². The van der Waals surface area contributed by atoms with Gasteiger partial charge in [0.25, 0.3) is 0 Å². The maximum atomic E-state index is 5.66. The molecule has 0 aliphatic carbocycles. The van der Waals surface area contributed by atoms with Crippen LogP contribution < -0.4 is 4.74 Å². The van der Waals surface area contributed by atoms with Crippen molar-refractivity contribution in [3.05, 3.63) is 60.2 Å². The molecule has 0 unspecified atom stereocenters. The monoisotopic (exact) mass is 242 g/mol. The van der Waals surface area contributed by atoms with E-state index >= 15 is 0 Å². The normalized spacial score (nSPS) is 9.24. The lowest BCUT2D eigenvalue weighted by Crippen LogP contribution is -1.83. The summed E-state index contributed by atoms with van der Waals surface area (Å²) in [5.74, 6) is 7.73. The van der Waals surface area contributed by atoms with Gasteiger partial charge in [0.1, 0.15) is 11.5 Å². The summed E-state index contributed by atoms with van der Waals surface area (Å²) in [6.45, 7) is 0. The first kappa shape index (κ1) is 11.6. The highest BCUT2D eigenvalue weighted by Gasteiger charge is 1.95. The Hall–Kier alpha value is -1.91. The third-order valence-electron chi connectivity index (χ3n) is 2.13. The van der Waals surface area contributed by atoms with E-state index in [0.717, 1.165) is 17.1 Å². The Kier molecular flexibility index (Phi) is 4.07. The van der Waals surface area contributed by atoms with Crippen LogP contribution in [0.5, 0.6) is 11.5 Å². The van der Waals surface area contributed by atoms with Gasteiger partial charge in [0, 0.05) is 5.56 Å². The Balaban J connectivity index is 2.08. The van der Waals surface area contributed by atoms with Crippen LogP contribution in [-0.2, 0) is 0 Å². The fourth-order valence-electron chi connectivity index (χ4n) is 1.37. The number of alkyl halides is 1. The highest BCUT2D eigenvalue weighted by Crippen LogP contribution is 2.20. The maximum absolute atomic E-state index is 5.66. The van der Waals surface area contributed by atoms with E-state index in [1.807, 2.05) is 54.6 Å². The lowest BCUT2D eigenvalue weighted by Gasteiger charge is -2.04. The van der Waals surface area contributed by atoms with Gasteiger partial charge in [-0.05, 0) is 36.4 Å². The predicted molar refractivity (Wildman–Crippen MR) is 70.6 cm³/mol. The lowest BCUT2D eigenvalue weighted by molar-refractivity contribution is 0.482. The number of rotatable bonds is 2. The molecule has 17 heavy (non-hydrogen) atoms. The van der Waals surface area contributed by atoms with Crippen molar-refractivity contribution in [3.8, 4) is 23.3 Å². The Morgan fingerprint density at radius 3 is 2.18 bits per heavy atom. The van der Waals surface area contributed by atoms with Crippen LogP contribution in [0.1, 0.15) is 5.56 Å². The molecule has 0 saturated heterocycles. The molecule has 0 fully saturated rings. The van der Waals surface area contributed by atoms with E-state index in [-0.39, 0.29) is 0 Å². The molecule has 2 aromatic carbocycles. The second kappa shape index (κ2) is 5.98. The minimum atomic E-state index is 0.349. The fraction of sp³-hybridized carbons (Fsp3) is 0.0667. The molecule has 0 radical (unpaired) electrons. The van der Waals surface area contributed by atoms with Gasteiger partial charge in [-0.15, -0.1) is 11.6 Å². The Labute approximate surface area is 106 Å². The molecule has 0 amide bonds. The molecule has 0 N–H and O–H groups in total. The van der Waals surface area contributed by atoms with Gasteiger partial charge in [-0.3, -0.25) is 0 Å². The first-order chi connectivity index (χ1) is 8.38. The van der Waals surface area contributed by atoms with Crippen molar-refractivity contribution in [2.24, 2.45) is 0 Å². The maximum Gasteiger partial charge on any atom is 0.127 e. The van der Waals surface area contributed by atoms with Gasteiger partial charge < -0.3 is 4.74 Å². The van der Waals surface area contributed by atoms with Crippen LogP contribution >= 0.6 is 11.6 Å². The molecule has 84 valence electrons. The number of benzene rings is 2. The summed E-state index contributed by atoms with van der Waals surface area (Å²) in [7, 11) is 0. The summed E-state index contributed by atoms with van der Waals surface area (Å²) in [5, 5.41) is 0. The fourth-order valence-corrected chi connectivity index (χ4v) is 1.43. The number of hydrogen-bond donors (Lipinski definition) is 0. The molecule has 0 saturated carbocycles. The molecule has 0 atom stereocenters. The quantitative estimate of drug-likeness (QED) is 0.570. The molecule has 0 heterocycles. The van der Waals surface area contributed by atoms with E-state index < -0.39 is 0 Å². The van der Waals surface area contributed by atoms with Crippen LogP contribution in [0, 0.1) is 11.8 Å². The molecule has 1 nitrogen and oxygen atoms in total. The largest absolute Gasteiger partial charge is 0.457 e. The van der Waals surface area contributed by atoms with Crippen molar-refractivity contribution in [2.75, 3.05) is 5.88 Å². The van der Waals surface area contributed by atoms with E-state index in [2.05, 4.69) is 11.8 Å². The lowest BCUT2D eigenvalue weighted by atomic mass is 10.2. The van der Waals surface area contributed by atoms with Crippen LogP contribution in [0.3, 0.4) is 0 Å². The molecule has 0 aliphatic rings.